The van der Waals surface area contributed by atoms with Gasteiger partial charge < -0.3 is 15.8 Å². The molecule has 3 N–H and O–H groups in total. The van der Waals surface area contributed by atoms with E-state index in [1.165, 1.54) is 24.8 Å². The largest absolute Gasteiger partial charge is 0.457 e. The van der Waals surface area contributed by atoms with Gasteiger partial charge in [-0.1, -0.05) is 110 Å². The van der Waals surface area contributed by atoms with Crippen LogP contribution in [-0.2, 0) is 5.41 Å². The van der Waals surface area contributed by atoms with E-state index in [0.29, 0.717) is 27.8 Å². The molecule has 0 aromatic heterocycles. The molecule has 0 radical (unpaired) electrons. The van der Waals surface area contributed by atoms with Crippen LogP contribution in [0.4, 0.5) is 5.69 Å². The van der Waals surface area contributed by atoms with Crippen LogP contribution in [0.5, 0.6) is 11.5 Å². The number of ether oxygens (including phenoxy) is 1. The summed E-state index contributed by atoms with van der Waals surface area (Å²) in [6.07, 6.45) is 4.78. The maximum absolute atomic E-state index is 13.9. The molecular weight excluding hydrogens is 532 g/mol. The quantitative estimate of drug-likeness (QED) is 0.164. The summed E-state index contributed by atoms with van der Waals surface area (Å²) in [6, 6.07) is 23.1. The summed E-state index contributed by atoms with van der Waals surface area (Å²) in [5.41, 5.74) is 10.8. The molecule has 0 bridgehead atoms. The summed E-state index contributed by atoms with van der Waals surface area (Å²) in [6.45, 7) is 15.2. The smallest absolute Gasteiger partial charge is 0.256 e. The number of amides is 2. The van der Waals surface area contributed by atoms with Crippen LogP contribution in [0.15, 0.2) is 72.8 Å². The standard InChI is InChI=1S/C38H46N2O3/c1-8-9-10-23-38(6,7)26-17-19-27(20-18-26)43-33-22-21-32(34-30(33)15-12-16-31(34)36(39)41)37(42)40-35-28(24(2)3)13-11-14-29(35)25(4)5/h11-22,24-25H,8-10,23H2,1-7H3,(H2,39,41)(H,40,42). The van der Waals surface area contributed by atoms with E-state index >= 15 is 0 Å². The highest BCUT2D eigenvalue weighted by Gasteiger charge is 2.23. The summed E-state index contributed by atoms with van der Waals surface area (Å²) >= 11 is 0. The normalized spacial score (nSPS) is 11.7. The Balaban J connectivity index is 1.72. The monoisotopic (exact) mass is 578 g/mol. The lowest BCUT2D eigenvalue weighted by atomic mass is 9.80. The van der Waals surface area contributed by atoms with Gasteiger partial charge in [0.05, 0.1) is 0 Å². The van der Waals surface area contributed by atoms with Gasteiger partial charge >= 0.3 is 0 Å². The van der Waals surface area contributed by atoms with Crippen LogP contribution < -0.4 is 15.8 Å². The van der Waals surface area contributed by atoms with Crippen LogP contribution in [0.25, 0.3) is 10.8 Å². The predicted molar refractivity (Wildman–Crippen MR) is 179 cm³/mol. The lowest BCUT2D eigenvalue weighted by Crippen LogP contribution is -2.18. The average Bonchev–Trinajstić information content (AvgIpc) is 2.97. The molecule has 0 aliphatic rings. The third-order valence-corrected chi connectivity index (χ3v) is 8.39. The van der Waals surface area contributed by atoms with Gasteiger partial charge in [-0.25, -0.2) is 0 Å². The van der Waals surface area contributed by atoms with Gasteiger partial charge in [-0.15, -0.1) is 0 Å². The fourth-order valence-electron chi connectivity index (χ4n) is 5.80. The van der Waals surface area contributed by atoms with Crippen molar-refractivity contribution in [3.8, 4) is 11.5 Å². The van der Waals surface area contributed by atoms with Gasteiger partial charge in [0.25, 0.3) is 5.91 Å². The van der Waals surface area contributed by atoms with Crippen LogP contribution in [-0.4, -0.2) is 11.8 Å². The predicted octanol–water partition coefficient (Wildman–Crippen LogP) is 10.1. The number of hydrogen-bond donors (Lipinski definition) is 2. The molecule has 0 saturated carbocycles. The first kappa shape index (κ1) is 31.8. The van der Waals surface area contributed by atoms with Crippen molar-refractivity contribution in [1.82, 2.24) is 0 Å². The van der Waals surface area contributed by atoms with E-state index in [9.17, 15) is 9.59 Å². The number of carbonyl (C=O) groups excluding carboxylic acids is 2. The van der Waals surface area contributed by atoms with E-state index in [1.807, 2.05) is 36.4 Å². The van der Waals surface area contributed by atoms with Crippen molar-refractivity contribution in [3.05, 3.63) is 101 Å². The molecule has 0 saturated heterocycles. The Kier molecular flexibility index (Phi) is 9.95. The molecular formula is C38H46N2O3. The lowest BCUT2D eigenvalue weighted by Gasteiger charge is -2.25. The summed E-state index contributed by atoms with van der Waals surface area (Å²) in [5.74, 6) is 0.775. The van der Waals surface area contributed by atoms with Crippen LogP contribution >= 0.6 is 0 Å². The highest BCUT2D eigenvalue weighted by Crippen LogP contribution is 2.37. The average molecular weight is 579 g/mol. The van der Waals surface area contributed by atoms with E-state index < -0.39 is 5.91 Å². The van der Waals surface area contributed by atoms with Crippen molar-refractivity contribution in [2.24, 2.45) is 5.73 Å². The van der Waals surface area contributed by atoms with Gasteiger partial charge in [0.15, 0.2) is 0 Å². The van der Waals surface area contributed by atoms with Crippen molar-refractivity contribution in [3.63, 3.8) is 0 Å². The van der Waals surface area contributed by atoms with Crippen LogP contribution in [0.1, 0.15) is 123 Å². The van der Waals surface area contributed by atoms with E-state index in [1.54, 1.807) is 24.3 Å². The van der Waals surface area contributed by atoms with Gasteiger partial charge in [0.2, 0.25) is 5.91 Å². The number of rotatable bonds is 12. The van der Waals surface area contributed by atoms with Crippen molar-refractivity contribution >= 4 is 28.3 Å². The summed E-state index contributed by atoms with van der Waals surface area (Å²) in [7, 11) is 0. The maximum atomic E-state index is 13.9. The Bertz CT molecular complexity index is 1570. The molecule has 5 heteroatoms. The number of unbranched alkanes of at least 4 members (excludes halogenated alkanes) is 2. The van der Waals surface area contributed by atoms with E-state index in [4.69, 9.17) is 10.5 Å². The van der Waals surface area contributed by atoms with Gasteiger partial charge in [0.1, 0.15) is 11.5 Å². The highest BCUT2D eigenvalue weighted by molar-refractivity contribution is 6.19. The van der Waals surface area contributed by atoms with Crippen molar-refractivity contribution < 1.29 is 14.3 Å². The number of hydrogen-bond acceptors (Lipinski definition) is 3. The first-order valence-electron chi connectivity index (χ1n) is 15.5. The number of primary amides is 1. The zero-order valence-electron chi connectivity index (χ0n) is 26.7. The van der Waals surface area contributed by atoms with E-state index in [-0.39, 0.29) is 28.7 Å². The maximum Gasteiger partial charge on any atom is 0.256 e. The topological polar surface area (TPSA) is 81.4 Å². The molecule has 4 aromatic rings. The minimum atomic E-state index is -0.600. The van der Waals surface area contributed by atoms with Crippen molar-refractivity contribution in [1.29, 1.82) is 0 Å². The number of fused-ring (bicyclic) bond motifs is 1. The number of nitrogens with two attached hydrogens (primary N) is 1. The molecule has 0 heterocycles. The Hall–Kier alpha value is -4.12. The second-order valence-electron chi connectivity index (χ2n) is 12.7. The molecule has 0 fully saturated rings. The molecule has 0 atom stereocenters. The third kappa shape index (κ3) is 7.10. The fourth-order valence-corrected chi connectivity index (χ4v) is 5.80. The first-order valence-corrected chi connectivity index (χ1v) is 15.5. The molecule has 226 valence electrons. The number of anilines is 1. The van der Waals surface area contributed by atoms with Gasteiger partial charge in [0, 0.05) is 27.6 Å². The molecule has 0 spiro atoms. The zero-order valence-corrected chi connectivity index (χ0v) is 26.7. The van der Waals surface area contributed by atoms with Gasteiger partial charge in [-0.3, -0.25) is 9.59 Å². The van der Waals surface area contributed by atoms with Crippen LogP contribution in [0, 0.1) is 0 Å². The molecule has 5 nitrogen and oxygen atoms in total. The second kappa shape index (κ2) is 13.5. The number of carbonyl (C=O) groups is 2. The Morgan fingerprint density at radius 1 is 0.814 bits per heavy atom. The molecule has 4 aromatic carbocycles. The number of nitrogens with one attached hydrogen (secondary N) is 1. The highest BCUT2D eigenvalue weighted by atomic mass is 16.5. The minimum Gasteiger partial charge on any atom is -0.457 e. The molecule has 0 aliphatic heterocycles. The Labute approximate surface area is 256 Å². The minimum absolute atomic E-state index is 0.0788. The molecule has 4 rings (SSSR count). The Morgan fingerprint density at radius 3 is 2.02 bits per heavy atom. The second-order valence-corrected chi connectivity index (χ2v) is 12.7. The van der Waals surface area contributed by atoms with Gasteiger partial charge in [-0.05, 0) is 70.7 Å². The molecule has 43 heavy (non-hydrogen) atoms. The first-order chi connectivity index (χ1) is 20.4. The van der Waals surface area contributed by atoms with Gasteiger partial charge in [-0.2, -0.15) is 0 Å². The Morgan fingerprint density at radius 2 is 1.44 bits per heavy atom. The fraction of sp³-hybridized carbons (Fsp3) is 0.368. The van der Waals surface area contributed by atoms with E-state index in [0.717, 1.165) is 23.2 Å². The SMILES string of the molecule is CCCCCC(C)(C)c1ccc(Oc2ccc(C(=O)Nc3c(C(C)C)cccc3C(C)C)c3c(C(N)=O)cccc23)cc1. The van der Waals surface area contributed by atoms with E-state index in [2.05, 4.69) is 65.9 Å². The zero-order chi connectivity index (χ0) is 31.3. The third-order valence-electron chi connectivity index (χ3n) is 8.39. The summed E-state index contributed by atoms with van der Waals surface area (Å²) in [4.78, 5) is 26.5. The van der Waals surface area contributed by atoms with Crippen LogP contribution in [0.2, 0.25) is 0 Å². The van der Waals surface area contributed by atoms with Crippen molar-refractivity contribution in [2.75, 3.05) is 5.32 Å². The number of benzene rings is 4. The van der Waals surface area contributed by atoms with Crippen molar-refractivity contribution in [2.45, 2.75) is 91.4 Å². The molecule has 2 amide bonds. The lowest BCUT2D eigenvalue weighted by molar-refractivity contribution is 0.100. The summed E-state index contributed by atoms with van der Waals surface area (Å²) in [5, 5.41) is 4.32. The summed E-state index contributed by atoms with van der Waals surface area (Å²) < 4.78 is 6.36. The molecule has 0 aliphatic carbocycles. The number of para-hydroxylation sites is 1. The molecule has 0 unspecified atom stereocenters. The van der Waals surface area contributed by atoms with Crippen LogP contribution in [0.3, 0.4) is 0 Å².